The molecule has 2 heterocycles. The van der Waals surface area contributed by atoms with E-state index in [1.54, 1.807) is 11.6 Å². The van der Waals surface area contributed by atoms with Gasteiger partial charge in [-0.25, -0.2) is 23.1 Å². The fourth-order valence-corrected chi connectivity index (χ4v) is 3.88. The Morgan fingerprint density at radius 3 is 2.80 bits per heavy atom. The Morgan fingerprint density at radius 1 is 1.50 bits per heavy atom. The fourth-order valence-electron chi connectivity index (χ4n) is 1.55. The lowest BCUT2D eigenvalue weighted by molar-refractivity contribution is 0.548. The van der Waals surface area contributed by atoms with Gasteiger partial charge in [-0.05, 0) is 12.5 Å². The average Bonchev–Trinajstić information content (AvgIpc) is 2.93. The molecule has 1 unspecified atom stereocenters. The summed E-state index contributed by atoms with van der Waals surface area (Å²) in [5, 5.41) is 2.62. The van der Waals surface area contributed by atoms with Gasteiger partial charge in [-0.1, -0.05) is 18.5 Å². The second kappa shape index (κ2) is 6.04. The van der Waals surface area contributed by atoms with Gasteiger partial charge in [0, 0.05) is 17.8 Å². The maximum atomic E-state index is 12.3. The molecule has 2 rings (SSSR count). The van der Waals surface area contributed by atoms with E-state index < -0.39 is 10.0 Å². The summed E-state index contributed by atoms with van der Waals surface area (Å²) >= 11 is 7.20. The van der Waals surface area contributed by atoms with Crippen molar-refractivity contribution in [1.29, 1.82) is 0 Å². The molecule has 0 spiro atoms. The van der Waals surface area contributed by atoms with E-state index in [4.69, 9.17) is 17.3 Å². The minimum absolute atomic E-state index is 0.0216. The molecule has 2 aromatic heterocycles. The van der Waals surface area contributed by atoms with E-state index >= 15 is 0 Å². The summed E-state index contributed by atoms with van der Waals surface area (Å²) < 4.78 is 27.2. The van der Waals surface area contributed by atoms with Crippen molar-refractivity contribution in [3.63, 3.8) is 0 Å². The van der Waals surface area contributed by atoms with E-state index in [0.717, 1.165) is 0 Å². The lowest BCUT2D eigenvalue weighted by Crippen LogP contribution is -2.28. The highest BCUT2D eigenvalue weighted by Gasteiger charge is 2.22. The standard InChI is InChI=1S/C11H13ClN4O2S2/c1-2-9(11-14-3-4-19-11)16-20(17,18)7-5-8(12)10(13)15-6-7/h3-6,9,16H,2H2,1H3,(H2,13,15). The third-order valence-electron chi connectivity index (χ3n) is 2.61. The quantitative estimate of drug-likeness (QED) is 0.874. The van der Waals surface area contributed by atoms with Gasteiger partial charge in [0.25, 0.3) is 0 Å². The third kappa shape index (κ3) is 3.26. The van der Waals surface area contributed by atoms with Crippen molar-refractivity contribution < 1.29 is 8.42 Å². The van der Waals surface area contributed by atoms with Crippen LogP contribution in [0.2, 0.25) is 5.02 Å². The van der Waals surface area contributed by atoms with Gasteiger partial charge >= 0.3 is 0 Å². The second-order valence-corrected chi connectivity index (χ2v) is 7.04. The lowest BCUT2D eigenvalue weighted by atomic mass is 10.3. The van der Waals surface area contributed by atoms with Crippen LogP contribution in [0.1, 0.15) is 24.4 Å². The molecule has 6 nitrogen and oxygen atoms in total. The van der Waals surface area contributed by atoms with Crippen molar-refractivity contribution >= 4 is 38.8 Å². The number of anilines is 1. The number of aromatic nitrogens is 2. The van der Waals surface area contributed by atoms with E-state index in [9.17, 15) is 8.42 Å². The zero-order valence-electron chi connectivity index (χ0n) is 10.6. The molecule has 0 aliphatic rings. The third-order valence-corrected chi connectivity index (χ3v) is 5.24. The molecule has 0 saturated heterocycles. The number of nitrogen functional groups attached to an aromatic ring is 1. The van der Waals surface area contributed by atoms with Crippen LogP contribution in [-0.4, -0.2) is 18.4 Å². The molecule has 0 amide bonds. The SMILES string of the molecule is CCC(NS(=O)(=O)c1cnc(N)c(Cl)c1)c1nccs1. The fraction of sp³-hybridized carbons (Fsp3) is 0.273. The number of nitrogens with zero attached hydrogens (tertiary/aromatic N) is 2. The lowest BCUT2D eigenvalue weighted by Gasteiger charge is -2.14. The van der Waals surface area contributed by atoms with Gasteiger partial charge in [-0.15, -0.1) is 11.3 Å². The predicted octanol–water partition coefficient (Wildman–Crippen LogP) is 2.20. The summed E-state index contributed by atoms with van der Waals surface area (Å²) in [6, 6.07) is 0.900. The van der Waals surface area contributed by atoms with Crippen LogP contribution in [0.15, 0.2) is 28.7 Å². The normalized spacial score (nSPS) is 13.3. The zero-order chi connectivity index (χ0) is 14.8. The Labute approximate surface area is 126 Å². The molecule has 2 aromatic rings. The first kappa shape index (κ1) is 15.2. The molecular formula is C11H13ClN4O2S2. The Balaban J connectivity index is 2.28. The highest BCUT2D eigenvalue weighted by Crippen LogP contribution is 2.24. The van der Waals surface area contributed by atoms with Crippen molar-refractivity contribution in [3.8, 4) is 0 Å². The molecule has 0 aliphatic carbocycles. The summed E-state index contributed by atoms with van der Waals surface area (Å²) in [5.74, 6) is 0.0950. The molecule has 0 bridgehead atoms. The first-order valence-corrected chi connectivity index (χ1v) is 8.51. The largest absolute Gasteiger partial charge is 0.382 e. The number of hydrogen-bond acceptors (Lipinski definition) is 6. The van der Waals surface area contributed by atoms with Gasteiger partial charge in [0.2, 0.25) is 10.0 Å². The topological polar surface area (TPSA) is 98.0 Å². The summed E-state index contributed by atoms with van der Waals surface area (Å²) in [7, 11) is -3.72. The molecular weight excluding hydrogens is 320 g/mol. The number of hydrogen-bond donors (Lipinski definition) is 2. The number of pyridine rings is 1. The highest BCUT2D eigenvalue weighted by molar-refractivity contribution is 7.89. The van der Waals surface area contributed by atoms with Crippen LogP contribution in [0.3, 0.4) is 0 Å². The molecule has 108 valence electrons. The Hall–Kier alpha value is -1.22. The molecule has 0 fully saturated rings. The van der Waals surface area contributed by atoms with Crippen LogP contribution in [0.5, 0.6) is 0 Å². The maximum Gasteiger partial charge on any atom is 0.242 e. The molecule has 20 heavy (non-hydrogen) atoms. The van der Waals surface area contributed by atoms with Gasteiger partial charge < -0.3 is 5.73 Å². The minimum Gasteiger partial charge on any atom is -0.382 e. The van der Waals surface area contributed by atoms with Gasteiger partial charge in [-0.3, -0.25) is 0 Å². The van der Waals surface area contributed by atoms with Crippen LogP contribution < -0.4 is 10.5 Å². The van der Waals surface area contributed by atoms with Crippen molar-refractivity contribution in [3.05, 3.63) is 33.9 Å². The first-order chi connectivity index (χ1) is 9.44. The van der Waals surface area contributed by atoms with Crippen LogP contribution in [0.25, 0.3) is 0 Å². The number of nitrogens with one attached hydrogen (secondary N) is 1. The molecule has 0 radical (unpaired) electrons. The van der Waals surface area contributed by atoms with E-state index in [-0.39, 0.29) is 21.8 Å². The van der Waals surface area contributed by atoms with E-state index in [0.29, 0.717) is 11.4 Å². The molecule has 1 atom stereocenters. The van der Waals surface area contributed by atoms with Crippen LogP contribution in [0, 0.1) is 0 Å². The smallest absolute Gasteiger partial charge is 0.242 e. The number of thiazole rings is 1. The van der Waals surface area contributed by atoms with Crippen molar-refractivity contribution in [1.82, 2.24) is 14.7 Å². The number of rotatable bonds is 5. The van der Waals surface area contributed by atoms with E-state index in [2.05, 4.69) is 14.7 Å². The maximum absolute atomic E-state index is 12.3. The molecule has 0 aliphatic heterocycles. The van der Waals surface area contributed by atoms with Gasteiger partial charge in [-0.2, -0.15) is 0 Å². The average molecular weight is 333 g/mol. The summed E-state index contributed by atoms with van der Waals surface area (Å²) in [5.41, 5.74) is 5.47. The van der Waals surface area contributed by atoms with Crippen LogP contribution in [-0.2, 0) is 10.0 Å². The van der Waals surface area contributed by atoms with Crippen molar-refractivity contribution in [2.45, 2.75) is 24.3 Å². The molecule has 3 N–H and O–H groups in total. The second-order valence-electron chi connectivity index (χ2n) is 3.99. The van der Waals surface area contributed by atoms with Crippen LogP contribution >= 0.6 is 22.9 Å². The monoisotopic (exact) mass is 332 g/mol. The Kier molecular flexibility index (Phi) is 4.59. The highest BCUT2D eigenvalue weighted by atomic mass is 35.5. The molecule has 0 aromatic carbocycles. The van der Waals surface area contributed by atoms with Gasteiger partial charge in [0.15, 0.2) is 0 Å². The summed E-state index contributed by atoms with van der Waals surface area (Å²) in [6.45, 7) is 1.88. The minimum atomic E-state index is -3.72. The Bertz CT molecular complexity index is 688. The van der Waals surface area contributed by atoms with Crippen molar-refractivity contribution in [2.24, 2.45) is 0 Å². The zero-order valence-corrected chi connectivity index (χ0v) is 13.0. The summed E-state index contributed by atoms with van der Waals surface area (Å²) in [6.07, 6.45) is 3.40. The predicted molar refractivity (Wildman–Crippen MR) is 79.1 cm³/mol. The molecule has 9 heteroatoms. The van der Waals surface area contributed by atoms with Crippen LogP contribution in [0.4, 0.5) is 5.82 Å². The summed E-state index contributed by atoms with van der Waals surface area (Å²) in [4.78, 5) is 7.86. The van der Waals surface area contributed by atoms with Crippen molar-refractivity contribution in [2.75, 3.05) is 5.73 Å². The Morgan fingerprint density at radius 2 is 2.25 bits per heavy atom. The first-order valence-electron chi connectivity index (χ1n) is 5.76. The number of halogens is 1. The van der Waals surface area contributed by atoms with E-state index in [1.165, 1.54) is 23.6 Å². The van der Waals surface area contributed by atoms with Gasteiger partial charge in [0.1, 0.15) is 15.7 Å². The number of nitrogens with two attached hydrogens (primary N) is 1. The number of sulfonamides is 1. The molecule has 0 saturated carbocycles. The van der Waals surface area contributed by atoms with E-state index in [1.807, 2.05) is 6.92 Å². The van der Waals surface area contributed by atoms with Gasteiger partial charge in [0.05, 0.1) is 11.1 Å².